The second kappa shape index (κ2) is 4.33. The van der Waals surface area contributed by atoms with Crippen LogP contribution in [-0.2, 0) is 5.75 Å². The van der Waals surface area contributed by atoms with Gasteiger partial charge in [-0.15, -0.1) is 0 Å². The Morgan fingerprint density at radius 1 is 1.36 bits per heavy atom. The van der Waals surface area contributed by atoms with Crippen molar-refractivity contribution in [3.8, 4) is 5.69 Å². The Morgan fingerprint density at radius 3 is 2.93 bits per heavy atom. The molecule has 0 amide bonds. The van der Waals surface area contributed by atoms with E-state index in [1.165, 1.54) is 11.3 Å². The monoisotopic (exact) mass is 204 g/mol. The van der Waals surface area contributed by atoms with Crippen LogP contribution in [-0.4, -0.2) is 15.8 Å². The van der Waals surface area contributed by atoms with Gasteiger partial charge in [-0.1, -0.05) is 18.2 Å². The van der Waals surface area contributed by atoms with Crippen molar-refractivity contribution in [1.29, 1.82) is 0 Å². The minimum atomic E-state index is 1.04. The molecule has 0 aliphatic rings. The number of nitrogens with zero attached hydrogens (tertiary/aromatic N) is 2. The highest BCUT2D eigenvalue weighted by molar-refractivity contribution is 7.97. The van der Waals surface area contributed by atoms with Gasteiger partial charge in [-0.25, -0.2) is 4.98 Å². The predicted molar refractivity (Wildman–Crippen MR) is 60.8 cm³/mol. The van der Waals surface area contributed by atoms with Crippen molar-refractivity contribution >= 4 is 11.8 Å². The summed E-state index contributed by atoms with van der Waals surface area (Å²) in [4.78, 5) is 4.06. The largest absolute Gasteiger partial charge is 0.306 e. The Morgan fingerprint density at radius 2 is 2.21 bits per heavy atom. The number of para-hydroxylation sites is 1. The summed E-state index contributed by atoms with van der Waals surface area (Å²) in [5.41, 5.74) is 2.57. The Hall–Kier alpha value is -1.22. The molecule has 1 aromatic heterocycles. The van der Waals surface area contributed by atoms with E-state index < -0.39 is 0 Å². The van der Waals surface area contributed by atoms with Crippen LogP contribution in [0.25, 0.3) is 5.69 Å². The first-order valence-electron chi connectivity index (χ1n) is 4.47. The number of imidazole rings is 1. The molecule has 0 radical (unpaired) electrons. The third-order valence-electron chi connectivity index (χ3n) is 2.07. The van der Waals surface area contributed by atoms with Gasteiger partial charge in [0.2, 0.25) is 0 Å². The van der Waals surface area contributed by atoms with Crippen LogP contribution in [0.15, 0.2) is 43.0 Å². The second-order valence-corrected chi connectivity index (χ2v) is 3.90. The molecule has 0 N–H and O–H groups in total. The molecule has 0 unspecified atom stereocenters. The molecule has 0 aliphatic carbocycles. The van der Waals surface area contributed by atoms with Gasteiger partial charge in [-0.2, -0.15) is 11.8 Å². The van der Waals surface area contributed by atoms with E-state index in [4.69, 9.17) is 0 Å². The molecule has 1 aromatic carbocycles. The number of hydrogen-bond acceptors (Lipinski definition) is 2. The fourth-order valence-corrected chi connectivity index (χ4v) is 2.00. The van der Waals surface area contributed by atoms with Crippen LogP contribution in [0.2, 0.25) is 0 Å². The number of thioether (sulfide) groups is 1. The summed E-state index contributed by atoms with van der Waals surface area (Å²) in [6.07, 6.45) is 7.72. The van der Waals surface area contributed by atoms with Gasteiger partial charge in [0.25, 0.3) is 0 Å². The van der Waals surface area contributed by atoms with E-state index >= 15 is 0 Å². The minimum Gasteiger partial charge on any atom is -0.306 e. The quantitative estimate of drug-likeness (QED) is 0.765. The highest BCUT2D eigenvalue weighted by Crippen LogP contribution is 2.18. The van der Waals surface area contributed by atoms with Gasteiger partial charge in [0, 0.05) is 18.1 Å². The fraction of sp³-hybridized carbons (Fsp3) is 0.182. The number of hydrogen-bond donors (Lipinski definition) is 0. The van der Waals surface area contributed by atoms with Gasteiger partial charge in [-0.05, 0) is 17.9 Å². The van der Waals surface area contributed by atoms with Gasteiger partial charge < -0.3 is 4.57 Å². The van der Waals surface area contributed by atoms with Crippen LogP contribution in [0.1, 0.15) is 5.56 Å². The van der Waals surface area contributed by atoms with E-state index in [0.717, 1.165) is 5.75 Å². The highest BCUT2D eigenvalue weighted by atomic mass is 32.2. The smallest absolute Gasteiger partial charge is 0.0991 e. The number of benzene rings is 1. The summed E-state index contributed by atoms with van der Waals surface area (Å²) in [6.45, 7) is 0. The summed E-state index contributed by atoms with van der Waals surface area (Å²) in [6, 6.07) is 8.41. The first-order chi connectivity index (χ1) is 6.92. The molecule has 1 heterocycles. The van der Waals surface area contributed by atoms with Crippen molar-refractivity contribution in [3.05, 3.63) is 48.5 Å². The lowest BCUT2D eigenvalue weighted by molar-refractivity contribution is 1.04. The lowest BCUT2D eigenvalue weighted by atomic mass is 10.2. The molecule has 0 bridgehead atoms. The zero-order valence-corrected chi connectivity index (χ0v) is 8.87. The molecule has 0 fully saturated rings. The third-order valence-corrected chi connectivity index (χ3v) is 2.67. The van der Waals surface area contributed by atoms with Crippen LogP contribution in [0.5, 0.6) is 0 Å². The van der Waals surface area contributed by atoms with Gasteiger partial charge >= 0.3 is 0 Å². The molecule has 3 heteroatoms. The zero-order valence-electron chi connectivity index (χ0n) is 8.05. The fourth-order valence-electron chi connectivity index (χ4n) is 1.44. The number of aromatic nitrogens is 2. The Labute approximate surface area is 88.0 Å². The van der Waals surface area contributed by atoms with Crippen molar-refractivity contribution < 1.29 is 0 Å². The molecule has 14 heavy (non-hydrogen) atoms. The van der Waals surface area contributed by atoms with Crippen molar-refractivity contribution in [2.75, 3.05) is 6.26 Å². The van der Waals surface area contributed by atoms with Crippen LogP contribution in [0, 0.1) is 0 Å². The molecule has 0 aliphatic heterocycles. The standard InChI is InChI=1S/C11H12N2S/c1-14-8-10-4-2-3-5-11(10)13-7-6-12-9-13/h2-7,9H,8H2,1H3. The van der Waals surface area contributed by atoms with Crippen molar-refractivity contribution in [3.63, 3.8) is 0 Å². The molecule has 72 valence electrons. The van der Waals surface area contributed by atoms with Gasteiger partial charge in [0.1, 0.15) is 0 Å². The lowest BCUT2D eigenvalue weighted by Crippen LogP contribution is -1.95. The summed E-state index contributed by atoms with van der Waals surface area (Å²) in [5.74, 6) is 1.04. The first kappa shape index (κ1) is 9.34. The molecular formula is C11H12N2S. The minimum absolute atomic E-state index is 1.04. The maximum absolute atomic E-state index is 4.06. The zero-order chi connectivity index (χ0) is 9.80. The summed E-state index contributed by atoms with van der Waals surface area (Å²) >= 11 is 1.83. The maximum Gasteiger partial charge on any atom is 0.0991 e. The molecule has 2 nitrogen and oxygen atoms in total. The Kier molecular flexibility index (Phi) is 2.89. The topological polar surface area (TPSA) is 17.8 Å². The number of rotatable bonds is 3. The summed E-state index contributed by atoms with van der Waals surface area (Å²) < 4.78 is 2.05. The molecule has 0 spiro atoms. The molecule has 0 atom stereocenters. The van der Waals surface area contributed by atoms with Crippen LogP contribution < -0.4 is 0 Å². The molecule has 2 rings (SSSR count). The normalized spacial score (nSPS) is 10.4. The second-order valence-electron chi connectivity index (χ2n) is 3.03. The maximum atomic E-state index is 4.06. The van der Waals surface area contributed by atoms with Crippen LogP contribution in [0.4, 0.5) is 0 Å². The molecule has 0 saturated heterocycles. The summed E-state index contributed by atoms with van der Waals surface area (Å²) in [7, 11) is 0. The molecule has 0 saturated carbocycles. The van der Waals surface area contributed by atoms with E-state index in [-0.39, 0.29) is 0 Å². The average Bonchev–Trinajstić information content (AvgIpc) is 2.72. The third kappa shape index (κ3) is 1.82. The molecular weight excluding hydrogens is 192 g/mol. The first-order valence-corrected chi connectivity index (χ1v) is 5.86. The molecule has 2 aromatic rings. The highest BCUT2D eigenvalue weighted by Gasteiger charge is 2.01. The van der Waals surface area contributed by atoms with Crippen LogP contribution in [0.3, 0.4) is 0 Å². The van der Waals surface area contributed by atoms with Crippen molar-refractivity contribution in [2.24, 2.45) is 0 Å². The van der Waals surface area contributed by atoms with Gasteiger partial charge in [0.15, 0.2) is 0 Å². The van der Waals surface area contributed by atoms with Crippen LogP contribution >= 0.6 is 11.8 Å². The van der Waals surface area contributed by atoms with E-state index in [1.807, 2.05) is 28.9 Å². The Balaban J connectivity index is 2.42. The van der Waals surface area contributed by atoms with E-state index in [9.17, 15) is 0 Å². The van der Waals surface area contributed by atoms with Crippen molar-refractivity contribution in [1.82, 2.24) is 9.55 Å². The SMILES string of the molecule is CSCc1ccccc1-n1ccnc1. The lowest BCUT2D eigenvalue weighted by Gasteiger charge is -2.08. The van der Waals surface area contributed by atoms with Crippen molar-refractivity contribution in [2.45, 2.75) is 5.75 Å². The van der Waals surface area contributed by atoms with E-state index in [1.54, 1.807) is 6.20 Å². The van der Waals surface area contributed by atoms with Gasteiger partial charge in [-0.3, -0.25) is 0 Å². The average molecular weight is 204 g/mol. The predicted octanol–water partition coefficient (Wildman–Crippen LogP) is 2.74. The summed E-state index contributed by atoms with van der Waals surface area (Å²) in [5, 5.41) is 0. The Bertz CT molecular complexity index is 395. The van der Waals surface area contributed by atoms with E-state index in [0.29, 0.717) is 0 Å². The van der Waals surface area contributed by atoms with Gasteiger partial charge in [0.05, 0.1) is 12.0 Å². The van der Waals surface area contributed by atoms with E-state index in [2.05, 4.69) is 35.5 Å².